The fourth-order valence-electron chi connectivity index (χ4n) is 2.09. The van der Waals surface area contributed by atoms with Crippen LogP contribution in [0.15, 0.2) is 29.2 Å². The average molecular weight is 239 g/mol. The molecule has 1 N–H and O–H groups in total. The van der Waals surface area contributed by atoms with Crippen LogP contribution in [0.3, 0.4) is 0 Å². The molecule has 1 aliphatic heterocycles. The minimum Gasteiger partial charge on any atom is -0.302 e. The molecule has 2 rings (SSSR count). The van der Waals surface area contributed by atoms with Crippen LogP contribution in [-0.4, -0.2) is 26.8 Å². The van der Waals surface area contributed by atoms with E-state index in [1.54, 1.807) is 12.1 Å². The molecule has 1 aliphatic rings. The number of benzene rings is 1. The van der Waals surface area contributed by atoms with Crippen molar-refractivity contribution in [2.24, 2.45) is 0 Å². The molecule has 0 aliphatic carbocycles. The number of hydrogen-bond acceptors (Lipinski definition) is 2. The van der Waals surface area contributed by atoms with Crippen molar-refractivity contribution in [3.63, 3.8) is 0 Å². The third kappa shape index (κ3) is 3.14. The van der Waals surface area contributed by atoms with Crippen molar-refractivity contribution in [1.82, 2.24) is 4.90 Å². The molecule has 4 heteroatoms. The normalized spacial score (nSPS) is 19.6. The summed E-state index contributed by atoms with van der Waals surface area (Å²) in [5, 5.41) is 0. The van der Waals surface area contributed by atoms with Gasteiger partial charge in [-0.05, 0) is 43.6 Å². The maximum Gasteiger partial charge on any atom is 0.186 e. The molecule has 88 valence electrons. The second kappa shape index (κ2) is 5.57. The standard InChI is InChI=1S/C12H17NO2S/c14-16(15)12-6-4-11(5-7-12)10-13-8-2-1-3-9-13/h4-7H,1-3,8-10H2,(H,14,15). The topological polar surface area (TPSA) is 40.5 Å². The van der Waals surface area contributed by atoms with Crippen LogP contribution in [0.2, 0.25) is 0 Å². The Morgan fingerprint density at radius 2 is 1.75 bits per heavy atom. The predicted octanol–water partition coefficient (Wildman–Crippen LogP) is 2.25. The zero-order valence-electron chi connectivity index (χ0n) is 9.26. The van der Waals surface area contributed by atoms with E-state index in [0.29, 0.717) is 4.90 Å². The van der Waals surface area contributed by atoms with Crippen molar-refractivity contribution >= 4 is 11.1 Å². The summed E-state index contributed by atoms with van der Waals surface area (Å²) >= 11 is -1.86. The van der Waals surface area contributed by atoms with Crippen LogP contribution in [-0.2, 0) is 17.6 Å². The fraction of sp³-hybridized carbons (Fsp3) is 0.500. The van der Waals surface area contributed by atoms with Gasteiger partial charge in [0.1, 0.15) is 0 Å². The van der Waals surface area contributed by atoms with Crippen LogP contribution >= 0.6 is 0 Å². The Labute approximate surface area is 98.8 Å². The van der Waals surface area contributed by atoms with E-state index in [0.717, 1.165) is 6.54 Å². The molecule has 0 saturated carbocycles. The van der Waals surface area contributed by atoms with Gasteiger partial charge in [-0.25, -0.2) is 4.21 Å². The zero-order valence-corrected chi connectivity index (χ0v) is 10.1. The lowest BCUT2D eigenvalue weighted by Gasteiger charge is -2.26. The van der Waals surface area contributed by atoms with Gasteiger partial charge >= 0.3 is 0 Å². The van der Waals surface area contributed by atoms with E-state index in [9.17, 15) is 4.21 Å². The zero-order chi connectivity index (χ0) is 11.4. The molecule has 16 heavy (non-hydrogen) atoms. The maximum atomic E-state index is 10.8. The fourth-order valence-corrected chi connectivity index (χ4v) is 2.46. The average Bonchev–Trinajstić information content (AvgIpc) is 2.31. The maximum absolute atomic E-state index is 10.8. The van der Waals surface area contributed by atoms with Gasteiger partial charge in [-0.1, -0.05) is 18.6 Å². The van der Waals surface area contributed by atoms with Crippen LogP contribution in [0.1, 0.15) is 24.8 Å². The van der Waals surface area contributed by atoms with E-state index in [-0.39, 0.29) is 0 Å². The Morgan fingerprint density at radius 3 is 2.31 bits per heavy atom. The molecule has 0 spiro atoms. The molecular weight excluding hydrogens is 222 g/mol. The van der Waals surface area contributed by atoms with E-state index in [1.807, 2.05) is 12.1 Å². The van der Waals surface area contributed by atoms with Crippen LogP contribution in [0.25, 0.3) is 0 Å². The molecule has 0 radical (unpaired) electrons. The number of hydrogen-bond donors (Lipinski definition) is 1. The first-order chi connectivity index (χ1) is 7.75. The van der Waals surface area contributed by atoms with Crippen molar-refractivity contribution < 1.29 is 8.76 Å². The second-order valence-corrected chi connectivity index (χ2v) is 5.20. The van der Waals surface area contributed by atoms with Crippen LogP contribution in [0.5, 0.6) is 0 Å². The van der Waals surface area contributed by atoms with E-state index in [1.165, 1.54) is 37.9 Å². The summed E-state index contributed by atoms with van der Waals surface area (Å²) in [7, 11) is 0. The summed E-state index contributed by atoms with van der Waals surface area (Å²) in [6.07, 6.45) is 3.93. The van der Waals surface area contributed by atoms with Crippen LogP contribution < -0.4 is 0 Å². The Kier molecular flexibility index (Phi) is 4.09. The van der Waals surface area contributed by atoms with Gasteiger partial charge in [-0.3, -0.25) is 4.90 Å². The smallest absolute Gasteiger partial charge is 0.186 e. The molecule has 1 aromatic carbocycles. The number of likely N-dealkylation sites (tertiary alicyclic amines) is 1. The molecule has 0 aromatic heterocycles. The molecule has 1 aromatic rings. The van der Waals surface area contributed by atoms with E-state index >= 15 is 0 Å². The number of nitrogens with zero attached hydrogens (tertiary/aromatic N) is 1. The highest BCUT2D eigenvalue weighted by molar-refractivity contribution is 7.79. The summed E-state index contributed by atoms with van der Waals surface area (Å²) in [5.74, 6) is 0. The van der Waals surface area contributed by atoms with Crippen molar-refractivity contribution in [3.8, 4) is 0 Å². The van der Waals surface area contributed by atoms with E-state index < -0.39 is 11.1 Å². The van der Waals surface area contributed by atoms with Crippen molar-refractivity contribution in [3.05, 3.63) is 29.8 Å². The molecule has 0 bridgehead atoms. The Morgan fingerprint density at radius 1 is 1.12 bits per heavy atom. The minimum atomic E-state index is -1.86. The van der Waals surface area contributed by atoms with Crippen LogP contribution in [0, 0.1) is 0 Å². The summed E-state index contributed by atoms with van der Waals surface area (Å²) in [4.78, 5) is 2.91. The van der Waals surface area contributed by atoms with Gasteiger partial charge in [0.05, 0.1) is 4.90 Å². The van der Waals surface area contributed by atoms with Crippen molar-refractivity contribution in [2.45, 2.75) is 30.7 Å². The molecule has 1 heterocycles. The third-order valence-corrected chi connectivity index (χ3v) is 3.66. The van der Waals surface area contributed by atoms with Gasteiger partial charge in [0.25, 0.3) is 0 Å². The summed E-state index contributed by atoms with van der Waals surface area (Å²) < 4.78 is 19.7. The highest BCUT2D eigenvalue weighted by Gasteiger charge is 2.10. The Hall–Kier alpha value is -0.710. The SMILES string of the molecule is O=S(O)c1ccc(CN2CCCCC2)cc1. The first kappa shape index (κ1) is 11.8. The van der Waals surface area contributed by atoms with Crippen molar-refractivity contribution in [2.75, 3.05) is 13.1 Å². The molecule has 1 unspecified atom stereocenters. The summed E-state index contributed by atoms with van der Waals surface area (Å²) in [5.41, 5.74) is 1.22. The van der Waals surface area contributed by atoms with Gasteiger partial charge in [-0.2, -0.15) is 0 Å². The van der Waals surface area contributed by atoms with Gasteiger partial charge in [0.15, 0.2) is 11.1 Å². The molecule has 1 fully saturated rings. The van der Waals surface area contributed by atoms with Gasteiger partial charge in [-0.15, -0.1) is 0 Å². The third-order valence-electron chi connectivity index (χ3n) is 2.98. The molecule has 0 amide bonds. The second-order valence-electron chi connectivity index (χ2n) is 4.23. The Bertz CT molecular complexity index is 358. The quantitative estimate of drug-likeness (QED) is 0.822. The van der Waals surface area contributed by atoms with Gasteiger partial charge in [0, 0.05) is 6.54 Å². The number of rotatable bonds is 3. The first-order valence-corrected chi connectivity index (χ1v) is 6.78. The summed E-state index contributed by atoms with van der Waals surface area (Å²) in [6.45, 7) is 3.31. The molecule has 1 saturated heterocycles. The van der Waals surface area contributed by atoms with E-state index in [4.69, 9.17) is 4.55 Å². The monoisotopic (exact) mass is 239 g/mol. The van der Waals surface area contributed by atoms with Crippen molar-refractivity contribution in [1.29, 1.82) is 0 Å². The molecular formula is C12H17NO2S. The Balaban J connectivity index is 1.96. The minimum absolute atomic E-state index is 0.474. The van der Waals surface area contributed by atoms with E-state index in [2.05, 4.69) is 4.90 Å². The molecule has 3 nitrogen and oxygen atoms in total. The van der Waals surface area contributed by atoms with Crippen LogP contribution in [0.4, 0.5) is 0 Å². The first-order valence-electron chi connectivity index (χ1n) is 5.68. The van der Waals surface area contributed by atoms with Gasteiger partial charge < -0.3 is 4.55 Å². The highest BCUT2D eigenvalue weighted by atomic mass is 32.2. The lowest BCUT2D eigenvalue weighted by Crippen LogP contribution is -2.29. The lowest BCUT2D eigenvalue weighted by atomic mass is 10.1. The lowest BCUT2D eigenvalue weighted by molar-refractivity contribution is 0.221. The largest absolute Gasteiger partial charge is 0.302 e. The summed E-state index contributed by atoms with van der Waals surface area (Å²) in [6, 6.07) is 7.35. The van der Waals surface area contributed by atoms with Gasteiger partial charge in [0.2, 0.25) is 0 Å². The molecule has 1 atom stereocenters. The highest BCUT2D eigenvalue weighted by Crippen LogP contribution is 2.14. The predicted molar refractivity (Wildman–Crippen MR) is 64.6 cm³/mol. The number of piperidine rings is 1.